The van der Waals surface area contributed by atoms with E-state index in [1.165, 1.54) is 87.7 Å². The molecule has 3 aliphatic rings. The molecule has 298 valence electrons. The molecule has 0 fully saturated rings. The van der Waals surface area contributed by atoms with E-state index in [-0.39, 0.29) is 23.0 Å². The zero-order valence-corrected chi connectivity index (χ0v) is 37.7. The zero-order chi connectivity index (χ0) is 41.2. The standard InChI is InChI=1S/C52H59BN2O2S/c1-30(2)33-26-41-45-42(27-33)55(46-31(3)25-43-48(32(46)4)57-24-14-23-56-43)47-38-28-35(51(8,9)10)18-22-44(38)58-49(47)53(45)39-29-36(52(11,12)13)17-21-40(39)54(41)37-19-15-34(16-20-37)50(5,6)7/h15-22,25-30H,14,23-24H2,1-13H3. The maximum atomic E-state index is 6.56. The van der Waals surface area contributed by atoms with E-state index in [1.807, 2.05) is 11.3 Å². The Morgan fingerprint density at radius 2 is 1.24 bits per heavy atom. The second kappa shape index (κ2) is 13.4. The van der Waals surface area contributed by atoms with Gasteiger partial charge in [0.1, 0.15) is 0 Å². The number of hydrogen-bond acceptors (Lipinski definition) is 5. The van der Waals surface area contributed by atoms with Gasteiger partial charge in [0.15, 0.2) is 11.5 Å². The molecule has 0 spiro atoms. The van der Waals surface area contributed by atoms with Crippen molar-refractivity contribution in [1.82, 2.24) is 0 Å². The number of hydrogen-bond donors (Lipinski definition) is 0. The van der Waals surface area contributed by atoms with Gasteiger partial charge in [-0.3, -0.25) is 0 Å². The molecule has 3 aliphatic heterocycles. The number of anilines is 6. The predicted molar refractivity (Wildman–Crippen MR) is 251 cm³/mol. The van der Waals surface area contributed by atoms with Gasteiger partial charge in [-0.25, -0.2) is 0 Å². The first-order valence-corrected chi connectivity index (χ1v) is 22.1. The Hall–Kier alpha value is -4.68. The summed E-state index contributed by atoms with van der Waals surface area (Å²) in [5.41, 5.74) is 17.9. The van der Waals surface area contributed by atoms with Crippen LogP contribution >= 0.6 is 11.3 Å². The van der Waals surface area contributed by atoms with Gasteiger partial charge in [-0.1, -0.05) is 106 Å². The lowest BCUT2D eigenvalue weighted by molar-refractivity contribution is 0.296. The zero-order valence-electron chi connectivity index (χ0n) is 36.9. The molecule has 58 heavy (non-hydrogen) atoms. The van der Waals surface area contributed by atoms with Gasteiger partial charge >= 0.3 is 0 Å². The van der Waals surface area contributed by atoms with E-state index in [9.17, 15) is 0 Å². The largest absolute Gasteiger partial charge is 0.490 e. The van der Waals surface area contributed by atoms with Crippen LogP contribution in [0.25, 0.3) is 10.1 Å². The Labute approximate surface area is 351 Å². The molecular weight excluding hydrogens is 727 g/mol. The minimum atomic E-state index is -0.0116. The molecule has 0 N–H and O–H groups in total. The fourth-order valence-electron chi connectivity index (χ4n) is 9.36. The van der Waals surface area contributed by atoms with Crippen molar-refractivity contribution < 1.29 is 9.47 Å². The minimum Gasteiger partial charge on any atom is -0.490 e. The molecule has 0 saturated carbocycles. The summed E-state index contributed by atoms with van der Waals surface area (Å²) in [6, 6.07) is 31.1. The predicted octanol–water partition coefficient (Wildman–Crippen LogP) is 12.8. The molecule has 5 aromatic carbocycles. The Morgan fingerprint density at radius 3 is 1.90 bits per heavy atom. The number of aryl methyl sites for hydroxylation is 1. The van der Waals surface area contributed by atoms with E-state index in [2.05, 4.69) is 179 Å². The highest BCUT2D eigenvalue weighted by atomic mass is 32.1. The topological polar surface area (TPSA) is 24.9 Å². The normalized spacial score (nSPS) is 15.1. The summed E-state index contributed by atoms with van der Waals surface area (Å²) in [5.74, 6) is 2.03. The third-order valence-corrected chi connectivity index (χ3v) is 14.0. The summed E-state index contributed by atoms with van der Waals surface area (Å²) in [7, 11) is 0. The van der Waals surface area contributed by atoms with Crippen molar-refractivity contribution in [3.05, 3.63) is 112 Å². The van der Waals surface area contributed by atoms with Crippen LogP contribution in [0.2, 0.25) is 0 Å². The van der Waals surface area contributed by atoms with Crippen molar-refractivity contribution in [1.29, 1.82) is 0 Å². The molecule has 0 radical (unpaired) electrons. The fourth-order valence-corrected chi connectivity index (χ4v) is 10.7. The van der Waals surface area contributed by atoms with Crippen LogP contribution in [0, 0.1) is 13.8 Å². The van der Waals surface area contributed by atoms with Crippen LogP contribution < -0.4 is 35.0 Å². The maximum absolute atomic E-state index is 6.56. The number of benzene rings is 5. The summed E-state index contributed by atoms with van der Waals surface area (Å²) in [6.45, 7) is 31.4. The van der Waals surface area contributed by atoms with Gasteiger partial charge < -0.3 is 19.3 Å². The first kappa shape index (κ1) is 38.8. The number of rotatable bonds is 3. The Kier molecular flexibility index (Phi) is 8.99. The second-order valence-corrected chi connectivity index (χ2v) is 21.5. The molecule has 6 heteroatoms. The van der Waals surface area contributed by atoms with Gasteiger partial charge in [0.05, 0.1) is 24.6 Å². The summed E-state index contributed by atoms with van der Waals surface area (Å²) < 4.78 is 15.6. The summed E-state index contributed by atoms with van der Waals surface area (Å²) in [4.78, 5) is 5.21. The lowest BCUT2D eigenvalue weighted by Gasteiger charge is -2.44. The first-order chi connectivity index (χ1) is 27.3. The second-order valence-electron chi connectivity index (χ2n) is 20.4. The third kappa shape index (κ3) is 6.15. The van der Waals surface area contributed by atoms with Crippen LogP contribution in [0.4, 0.5) is 34.1 Å². The molecule has 0 unspecified atom stereocenters. The van der Waals surface area contributed by atoms with Crippen molar-refractivity contribution in [2.45, 2.75) is 119 Å². The van der Waals surface area contributed by atoms with Gasteiger partial charge in [-0.05, 0) is 123 Å². The quantitative estimate of drug-likeness (QED) is 0.167. The smallest absolute Gasteiger partial charge is 0.264 e. The van der Waals surface area contributed by atoms with E-state index in [1.54, 1.807) is 0 Å². The van der Waals surface area contributed by atoms with Crippen LogP contribution in [-0.4, -0.2) is 19.9 Å². The molecule has 1 aromatic heterocycles. The third-order valence-electron chi connectivity index (χ3n) is 12.7. The molecule has 4 nitrogen and oxygen atoms in total. The van der Waals surface area contributed by atoms with Crippen molar-refractivity contribution >= 4 is 78.0 Å². The van der Waals surface area contributed by atoms with Crippen molar-refractivity contribution in [3.63, 3.8) is 0 Å². The summed E-state index contributed by atoms with van der Waals surface area (Å²) >= 11 is 1.97. The molecule has 4 heterocycles. The Bertz CT molecular complexity index is 2620. The molecule has 6 aromatic rings. The average molecular weight is 787 g/mol. The van der Waals surface area contributed by atoms with Crippen molar-refractivity contribution in [2.75, 3.05) is 23.0 Å². The van der Waals surface area contributed by atoms with Gasteiger partial charge in [0.2, 0.25) is 0 Å². The molecular formula is C52H59BN2O2S. The highest BCUT2D eigenvalue weighted by Crippen LogP contribution is 2.53. The average Bonchev–Trinajstić information content (AvgIpc) is 3.36. The molecule has 0 bridgehead atoms. The number of fused-ring (bicyclic) bond motifs is 7. The Balaban J connectivity index is 1.43. The van der Waals surface area contributed by atoms with Gasteiger partial charge in [-0.2, -0.15) is 0 Å². The monoisotopic (exact) mass is 786 g/mol. The number of ether oxygens (including phenoxy) is 2. The molecule has 0 atom stereocenters. The summed E-state index contributed by atoms with van der Waals surface area (Å²) in [6.07, 6.45) is 0.870. The molecule has 0 amide bonds. The maximum Gasteiger partial charge on any atom is 0.264 e. The van der Waals surface area contributed by atoms with E-state index in [0.29, 0.717) is 19.1 Å². The van der Waals surface area contributed by atoms with E-state index in [0.717, 1.165) is 23.5 Å². The highest BCUT2D eigenvalue weighted by molar-refractivity contribution is 7.33. The molecule has 9 rings (SSSR count). The van der Waals surface area contributed by atoms with Crippen LogP contribution in [0.1, 0.15) is 122 Å². The van der Waals surface area contributed by atoms with Gasteiger partial charge in [-0.15, -0.1) is 11.3 Å². The lowest BCUT2D eigenvalue weighted by atomic mass is 9.36. The fraction of sp³-hybridized carbons (Fsp3) is 0.385. The van der Waals surface area contributed by atoms with Crippen molar-refractivity contribution in [3.8, 4) is 11.5 Å². The lowest BCUT2D eigenvalue weighted by Crippen LogP contribution is -2.60. The van der Waals surface area contributed by atoms with E-state index in [4.69, 9.17) is 9.47 Å². The van der Waals surface area contributed by atoms with E-state index < -0.39 is 0 Å². The highest BCUT2D eigenvalue weighted by Gasteiger charge is 2.47. The number of nitrogens with zero attached hydrogens (tertiary/aromatic N) is 2. The number of thiophene rings is 1. The van der Waals surface area contributed by atoms with E-state index >= 15 is 0 Å². The SMILES string of the molecule is Cc1cc2c(c(C)c1N1c3cc(C(C)C)cc4c3B(c3cc(C(C)(C)C)ccc3N4c3ccc(C(C)(C)C)cc3)c3sc4ccc(C(C)(C)C)cc4c31)OCCCO2. The Morgan fingerprint density at radius 1 is 0.638 bits per heavy atom. The van der Waals surface area contributed by atoms with Crippen LogP contribution in [0.5, 0.6) is 11.5 Å². The molecule has 0 aliphatic carbocycles. The van der Waals surface area contributed by atoms with Gasteiger partial charge in [0, 0.05) is 49.6 Å². The van der Waals surface area contributed by atoms with Crippen LogP contribution in [0.15, 0.2) is 78.9 Å². The van der Waals surface area contributed by atoms with Crippen molar-refractivity contribution in [2.24, 2.45) is 0 Å². The minimum absolute atomic E-state index is 0.00155. The molecule has 0 saturated heterocycles. The van der Waals surface area contributed by atoms with Crippen LogP contribution in [0.3, 0.4) is 0 Å². The van der Waals surface area contributed by atoms with Gasteiger partial charge in [0.25, 0.3) is 6.71 Å². The first-order valence-electron chi connectivity index (χ1n) is 21.3. The summed E-state index contributed by atoms with van der Waals surface area (Å²) in [5, 5.41) is 1.31. The van der Waals surface area contributed by atoms with Crippen LogP contribution in [-0.2, 0) is 16.2 Å².